The molecule has 2 aromatic heterocycles. The highest BCUT2D eigenvalue weighted by Gasteiger charge is 2.09. The van der Waals surface area contributed by atoms with Crippen LogP contribution >= 0.6 is 0 Å². The maximum atomic E-state index is 11.5. The SMILES string of the molecule is O=C(O)c1ccc(-n2cnc3c(=O)[nH]cnc32)cc1. The summed E-state index contributed by atoms with van der Waals surface area (Å²) in [6.07, 6.45) is 2.77. The summed E-state index contributed by atoms with van der Waals surface area (Å²) in [5.74, 6) is -0.989. The van der Waals surface area contributed by atoms with Gasteiger partial charge in [-0.15, -0.1) is 0 Å². The van der Waals surface area contributed by atoms with Crippen LogP contribution in [0, 0.1) is 0 Å². The molecule has 0 atom stereocenters. The van der Waals surface area contributed by atoms with Crippen molar-refractivity contribution < 1.29 is 9.90 Å². The molecule has 7 nitrogen and oxygen atoms in total. The smallest absolute Gasteiger partial charge is 0.335 e. The second-order valence-corrected chi connectivity index (χ2v) is 3.87. The minimum Gasteiger partial charge on any atom is -0.478 e. The van der Waals surface area contributed by atoms with Crippen LogP contribution in [-0.4, -0.2) is 30.6 Å². The van der Waals surface area contributed by atoms with E-state index in [4.69, 9.17) is 5.11 Å². The fraction of sp³-hybridized carbons (Fsp3) is 0. The summed E-state index contributed by atoms with van der Waals surface area (Å²) < 4.78 is 1.62. The van der Waals surface area contributed by atoms with Crippen LogP contribution in [0.15, 0.2) is 41.7 Å². The average Bonchev–Trinajstić information content (AvgIpc) is 2.84. The van der Waals surface area contributed by atoms with E-state index >= 15 is 0 Å². The van der Waals surface area contributed by atoms with E-state index in [0.717, 1.165) is 0 Å². The fourth-order valence-corrected chi connectivity index (χ4v) is 1.80. The van der Waals surface area contributed by atoms with Crippen LogP contribution in [0.1, 0.15) is 10.4 Å². The molecule has 0 bridgehead atoms. The third kappa shape index (κ3) is 1.77. The number of hydrogen-bond donors (Lipinski definition) is 2. The summed E-state index contributed by atoms with van der Waals surface area (Å²) in [6, 6.07) is 6.23. The van der Waals surface area contributed by atoms with Crippen LogP contribution in [0.4, 0.5) is 0 Å². The number of carboxylic acids is 1. The van der Waals surface area contributed by atoms with Gasteiger partial charge in [0.05, 0.1) is 11.9 Å². The van der Waals surface area contributed by atoms with Crippen LogP contribution in [0.3, 0.4) is 0 Å². The molecule has 7 heteroatoms. The highest BCUT2D eigenvalue weighted by molar-refractivity contribution is 5.87. The fourth-order valence-electron chi connectivity index (χ4n) is 1.80. The number of nitrogens with one attached hydrogen (secondary N) is 1. The van der Waals surface area contributed by atoms with Crippen molar-refractivity contribution in [2.75, 3.05) is 0 Å². The number of H-pyrrole nitrogens is 1. The van der Waals surface area contributed by atoms with E-state index < -0.39 is 5.97 Å². The van der Waals surface area contributed by atoms with Crippen LogP contribution in [0.25, 0.3) is 16.9 Å². The van der Waals surface area contributed by atoms with Crippen LogP contribution in [0.5, 0.6) is 0 Å². The van der Waals surface area contributed by atoms with Gasteiger partial charge in [-0.25, -0.2) is 14.8 Å². The van der Waals surface area contributed by atoms with Gasteiger partial charge in [0.2, 0.25) is 0 Å². The Balaban J connectivity index is 2.17. The Hall–Kier alpha value is -2.96. The van der Waals surface area contributed by atoms with Gasteiger partial charge in [0.25, 0.3) is 5.56 Å². The van der Waals surface area contributed by atoms with Crippen LogP contribution in [-0.2, 0) is 0 Å². The first-order valence-corrected chi connectivity index (χ1v) is 5.41. The Kier molecular flexibility index (Phi) is 2.38. The summed E-state index contributed by atoms with van der Waals surface area (Å²) in [6.45, 7) is 0. The van der Waals surface area contributed by atoms with E-state index in [9.17, 15) is 9.59 Å². The minimum atomic E-state index is -0.989. The molecule has 1 aromatic carbocycles. The molecular formula is C12H8N4O3. The van der Waals surface area contributed by atoms with Gasteiger partial charge in [0, 0.05) is 5.69 Å². The van der Waals surface area contributed by atoms with E-state index in [0.29, 0.717) is 11.3 Å². The largest absolute Gasteiger partial charge is 0.478 e. The molecule has 0 aliphatic heterocycles. The number of hydrogen-bond acceptors (Lipinski definition) is 4. The zero-order valence-electron chi connectivity index (χ0n) is 9.57. The number of aromatic carboxylic acids is 1. The Morgan fingerprint density at radius 2 is 1.95 bits per heavy atom. The normalized spacial score (nSPS) is 10.7. The Labute approximate surface area is 106 Å². The summed E-state index contributed by atoms with van der Waals surface area (Å²) in [5.41, 5.74) is 1.23. The van der Waals surface area contributed by atoms with Gasteiger partial charge in [-0.05, 0) is 24.3 Å². The van der Waals surface area contributed by atoms with Crippen molar-refractivity contribution in [3.8, 4) is 5.69 Å². The molecule has 19 heavy (non-hydrogen) atoms. The molecule has 0 spiro atoms. The van der Waals surface area contributed by atoms with Crippen molar-refractivity contribution in [1.82, 2.24) is 19.5 Å². The van der Waals surface area contributed by atoms with Gasteiger partial charge >= 0.3 is 5.97 Å². The highest BCUT2D eigenvalue weighted by Crippen LogP contribution is 2.14. The Bertz CT molecular complexity index is 817. The maximum absolute atomic E-state index is 11.5. The molecular weight excluding hydrogens is 248 g/mol. The highest BCUT2D eigenvalue weighted by atomic mass is 16.4. The molecule has 0 fully saturated rings. The summed E-state index contributed by atoms with van der Waals surface area (Å²) in [4.78, 5) is 32.8. The van der Waals surface area contributed by atoms with Crippen LogP contribution in [0.2, 0.25) is 0 Å². The number of carboxylic acid groups (broad SMARTS) is 1. The molecule has 2 heterocycles. The molecule has 3 rings (SSSR count). The van der Waals surface area contributed by atoms with Crippen molar-refractivity contribution in [3.05, 3.63) is 52.8 Å². The van der Waals surface area contributed by atoms with E-state index in [1.807, 2.05) is 0 Å². The maximum Gasteiger partial charge on any atom is 0.335 e. The van der Waals surface area contributed by atoms with Gasteiger partial charge in [-0.2, -0.15) is 0 Å². The molecule has 0 aliphatic rings. The quantitative estimate of drug-likeness (QED) is 0.706. The molecule has 0 saturated heterocycles. The molecule has 94 valence electrons. The first-order valence-electron chi connectivity index (χ1n) is 5.41. The lowest BCUT2D eigenvalue weighted by Gasteiger charge is -2.03. The predicted octanol–water partition coefficient (Wildman–Crippen LogP) is 0.807. The third-order valence-corrected chi connectivity index (χ3v) is 2.73. The van der Waals surface area contributed by atoms with Crippen molar-refractivity contribution in [2.45, 2.75) is 0 Å². The standard InChI is InChI=1S/C12H8N4O3/c17-11-9-10(13-5-14-11)16(6-15-9)8-3-1-7(2-4-8)12(18)19/h1-6H,(H,18,19)(H,13,14,17). The number of aromatic amines is 1. The molecule has 0 radical (unpaired) electrons. The molecule has 3 aromatic rings. The zero-order valence-corrected chi connectivity index (χ0v) is 9.57. The molecule has 2 N–H and O–H groups in total. The van der Waals surface area contributed by atoms with Crippen LogP contribution < -0.4 is 5.56 Å². The van der Waals surface area contributed by atoms with E-state index in [-0.39, 0.29) is 16.6 Å². The molecule has 0 amide bonds. The summed E-state index contributed by atoms with van der Waals surface area (Å²) >= 11 is 0. The number of carbonyl (C=O) groups is 1. The number of benzene rings is 1. The van der Waals surface area contributed by atoms with Gasteiger partial charge < -0.3 is 10.1 Å². The number of imidazole rings is 1. The zero-order chi connectivity index (χ0) is 13.4. The lowest BCUT2D eigenvalue weighted by Crippen LogP contribution is -2.07. The third-order valence-electron chi connectivity index (χ3n) is 2.73. The van der Waals surface area contributed by atoms with Crippen molar-refractivity contribution >= 4 is 17.1 Å². The van der Waals surface area contributed by atoms with Crippen molar-refractivity contribution in [2.24, 2.45) is 0 Å². The van der Waals surface area contributed by atoms with E-state index in [2.05, 4.69) is 15.0 Å². The number of nitrogens with zero attached hydrogens (tertiary/aromatic N) is 3. The van der Waals surface area contributed by atoms with Crippen molar-refractivity contribution in [1.29, 1.82) is 0 Å². The monoisotopic (exact) mass is 256 g/mol. The van der Waals surface area contributed by atoms with E-state index in [1.165, 1.54) is 24.8 Å². The first-order chi connectivity index (χ1) is 9.16. The lowest BCUT2D eigenvalue weighted by atomic mass is 10.2. The second kappa shape index (κ2) is 4.05. The molecule has 0 unspecified atom stereocenters. The van der Waals surface area contributed by atoms with E-state index in [1.54, 1.807) is 16.7 Å². The summed E-state index contributed by atoms with van der Waals surface area (Å²) in [5, 5.41) is 8.84. The second-order valence-electron chi connectivity index (χ2n) is 3.87. The molecule has 0 saturated carbocycles. The number of rotatable bonds is 2. The topological polar surface area (TPSA) is 101 Å². The Morgan fingerprint density at radius 3 is 2.63 bits per heavy atom. The van der Waals surface area contributed by atoms with Gasteiger partial charge in [0.15, 0.2) is 11.2 Å². The minimum absolute atomic E-state index is 0.193. The number of fused-ring (bicyclic) bond motifs is 1. The molecule has 0 aliphatic carbocycles. The summed E-state index contributed by atoms with van der Waals surface area (Å²) in [7, 11) is 0. The van der Waals surface area contributed by atoms with Gasteiger partial charge in [-0.1, -0.05) is 0 Å². The average molecular weight is 256 g/mol. The number of aromatic nitrogens is 4. The van der Waals surface area contributed by atoms with Gasteiger partial charge in [-0.3, -0.25) is 9.36 Å². The van der Waals surface area contributed by atoms with Gasteiger partial charge in [0.1, 0.15) is 6.33 Å². The van der Waals surface area contributed by atoms with Crippen molar-refractivity contribution in [3.63, 3.8) is 0 Å². The first kappa shape index (κ1) is 11.1. The Morgan fingerprint density at radius 1 is 1.21 bits per heavy atom. The predicted molar refractivity (Wildman–Crippen MR) is 66.4 cm³/mol. The lowest BCUT2D eigenvalue weighted by molar-refractivity contribution is 0.0697.